The van der Waals surface area contributed by atoms with Crippen LogP contribution in [0.3, 0.4) is 0 Å². The summed E-state index contributed by atoms with van der Waals surface area (Å²) in [6.45, 7) is 0.735. The lowest BCUT2D eigenvalue weighted by molar-refractivity contribution is 0.0600. The van der Waals surface area contributed by atoms with Crippen molar-refractivity contribution in [2.45, 2.75) is 13.0 Å². The van der Waals surface area contributed by atoms with E-state index in [1.54, 1.807) is 24.7 Å². The van der Waals surface area contributed by atoms with Crippen LogP contribution in [-0.2, 0) is 17.7 Å². The van der Waals surface area contributed by atoms with Gasteiger partial charge in [0, 0.05) is 12.7 Å². The van der Waals surface area contributed by atoms with E-state index in [1.807, 2.05) is 16.7 Å². The van der Waals surface area contributed by atoms with Gasteiger partial charge < -0.3 is 9.30 Å². The van der Waals surface area contributed by atoms with Crippen LogP contribution in [0.25, 0.3) is 0 Å². The molecule has 0 saturated heterocycles. The Morgan fingerprint density at radius 2 is 2.11 bits per heavy atom. The Bertz CT molecular complexity index is 573. The predicted molar refractivity (Wildman–Crippen MR) is 69.1 cm³/mol. The number of esters is 1. The van der Waals surface area contributed by atoms with Crippen LogP contribution in [0.5, 0.6) is 0 Å². The molecule has 0 aliphatic heterocycles. The number of benzene rings is 1. The molecule has 0 saturated carbocycles. The van der Waals surface area contributed by atoms with E-state index in [0.717, 1.165) is 24.8 Å². The molecular formula is C14H14N2O3. The standard InChI is InChI=1S/C14H14N2O3/c1-19-14(18)12-4-2-11(3-5-12)6-7-16-8-13(9-17)15-10-16/h2-5,8-10H,6-7H2,1H3. The normalized spacial score (nSPS) is 10.2. The number of nitrogens with zero attached hydrogens (tertiary/aromatic N) is 2. The summed E-state index contributed by atoms with van der Waals surface area (Å²) in [4.78, 5) is 25.7. The van der Waals surface area contributed by atoms with Gasteiger partial charge >= 0.3 is 5.97 Å². The highest BCUT2D eigenvalue weighted by molar-refractivity contribution is 5.89. The summed E-state index contributed by atoms with van der Waals surface area (Å²) >= 11 is 0. The van der Waals surface area contributed by atoms with Gasteiger partial charge in [0.05, 0.1) is 19.0 Å². The molecule has 0 atom stereocenters. The minimum atomic E-state index is -0.336. The monoisotopic (exact) mass is 258 g/mol. The molecule has 0 aliphatic rings. The zero-order chi connectivity index (χ0) is 13.7. The number of aldehydes is 1. The van der Waals surface area contributed by atoms with Crippen LogP contribution in [0, 0.1) is 0 Å². The second-order valence-electron chi connectivity index (χ2n) is 4.09. The van der Waals surface area contributed by atoms with Gasteiger partial charge in [-0.15, -0.1) is 0 Å². The van der Waals surface area contributed by atoms with Crippen molar-refractivity contribution in [2.75, 3.05) is 7.11 Å². The second-order valence-corrected chi connectivity index (χ2v) is 4.09. The maximum absolute atomic E-state index is 11.3. The average molecular weight is 258 g/mol. The zero-order valence-electron chi connectivity index (χ0n) is 10.6. The summed E-state index contributed by atoms with van der Waals surface area (Å²) in [6, 6.07) is 7.27. The summed E-state index contributed by atoms with van der Waals surface area (Å²) < 4.78 is 6.50. The highest BCUT2D eigenvalue weighted by Crippen LogP contribution is 2.07. The molecule has 1 aromatic carbocycles. The van der Waals surface area contributed by atoms with Crippen molar-refractivity contribution in [1.82, 2.24) is 9.55 Å². The number of hydrogen-bond donors (Lipinski definition) is 0. The molecular weight excluding hydrogens is 244 g/mol. The lowest BCUT2D eigenvalue weighted by Gasteiger charge is -2.04. The molecule has 0 radical (unpaired) electrons. The minimum Gasteiger partial charge on any atom is -0.465 e. The summed E-state index contributed by atoms with van der Waals surface area (Å²) in [6.07, 6.45) is 4.86. The number of aryl methyl sites for hydroxylation is 2. The van der Waals surface area contributed by atoms with Gasteiger partial charge in [-0.3, -0.25) is 4.79 Å². The fourth-order valence-corrected chi connectivity index (χ4v) is 1.74. The first-order valence-corrected chi connectivity index (χ1v) is 5.87. The number of hydrogen-bond acceptors (Lipinski definition) is 4. The number of aromatic nitrogens is 2. The maximum Gasteiger partial charge on any atom is 0.337 e. The van der Waals surface area contributed by atoms with E-state index in [0.29, 0.717) is 11.3 Å². The Labute approximate surface area is 110 Å². The smallest absolute Gasteiger partial charge is 0.337 e. The van der Waals surface area contributed by atoms with E-state index in [1.165, 1.54) is 7.11 Å². The molecule has 0 N–H and O–H groups in total. The Hall–Kier alpha value is -2.43. The topological polar surface area (TPSA) is 61.2 Å². The summed E-state index contributed by atoms with van der Waals surface area (Å²) in [5, 5.41) is 0. The predicted octanol–water partition coefficient (Wildman–Crippen LogP) is 1.72. The van der Waals surface area contributed by atoms with Gasteiger partial charge in [0.2, 0.25) is 0 Å². The van der Waals surface area contributed by atoms with Gasteiger partial charge in [-0.2, -0.15) is 0 Å². The first-order valence-electron chi connectivity index (χ1n) is 5.87. The third kappa shape index (κ3) is 3.28. The van der Waals surface area contributed by atoms with Gasteiger partial charge in [-0.05, 0) is 24.1 Å². The van der Waals surface area contributed by atoms with Crippen molar-refractivity contribution < 1.29 is 14.3 Å². The number of ether oxygens (including phenoxy) is 1. The number of methoxy groups -OCH3 is 1. The molecule has 0 bridgehead atoms. The third-order valence-electron chi connectivity index (χ3n) is 2.81. The van der Waals surface area contributed by atoms with Gasteiger partial charge in [-0.25, -0.2) is 9.78 Å². The van der Waals surface area contributed by atoms with Crippen molar-refractivity contribution in [1.29, 1.82) is 0 Å². The average Bonchev–Trinajstić information content (AvgIpc) is 2.93. The Balaban J connectivity index is 1.96. The molecule has 0 amide bonds. The molecule has 0 aliphatic carbocycles. The van der Waals surface area contributed by atoms with Crippen molar-refractivity contribution >= 4 is 12.3 Å². The van der Waals surface area contributed by atoms with Gasteiger partial charge in [0.15, 0.2) is 6.29 Å². The van der Waals surface area contributed by atoms with Crippen molar-refractivity contribution in [3.63, 3.8) is 0 Å². The number of imidazole rings is 1. The van der Waals surface area contributed by atoms with E-state index < -0.39 is 0 Å². The molecule has 1 aromatic heterocycles. The van der Waals surface area contributed by atoms with Crippen molar-refractivity contribution in [3.8, 4) is 0 Å². The van der Waals surface area contributed by atoms with Crippen LogP contribution in [0.2, 0.25) is 0 Å². The fraction of sp³-hybridized carbons (Fsp3) is 0.214. The summed E-state index contributed by atoms with van der Waals surface area (Å²) in [7, 11) is 1.36. The first kappa shape index (κ1) is 13.0. The van der Waals surface area contributed by atoms with E-state index in [4.69, 9.17) is 0 Å². The van der Waals surface area contributed by atoms with Gasteiger partial charge in [0.1, 0.15) is 5.69 Å². The van der Waals surface area contributed by atoms with Crippen LogP contribution in [0.4, 0.5) is 0 Å². The van der Waals surface area contributed by atoms with E-state index in [9.17, 15) is 9.59 Å². The first-order chi connectivity index (χ1) is 9.22. The molecule has 2 aromatic rings. The van der Waals surface area contributed by atoms with E-state index in [-0.39, 0.29) is 5.97 Å². The van der Waals surface area contributed by atoms with Crippen LogP contribution in [0.15, 0.2) is 36.8 Å². The molecule has 19 heavy (non-hydrogen) atoms. The van der Waals surface area contributed by atoms with Crippen LogP contribution >= 0.6 is 0 Å². The number of rotatable bonds is 5. The zero-order valence-corrected chi connectivity index (χ0v) is 10.6. The van der Waals surface area contributed by atoms with Crippen LogP contribution in [0.1, 0.15) is 26.4 Å². The lowest BCUT2D eigenvalue weighted by Crippen LogP contribution is -2.02. The fourth-order valence-electron chi connectivity index (χ4n) is 1.74. The molecule has 0 spiro atoms. The van der Waals surface area contributed by atoms with E-state index in [2.05, 4.69) is 9.72 Å². The molecule has 5 heteroatoms. The highest BCUT2D eigenvalue weighted by atomic mass is 16.5. The number of carbonyl (C=O) groups excluding carboxylic acids is 2. The summed E-state index contributed by atoms with van der Waals surface area (Å²) in [5.41, 5.74) is 2.08. The van der Waals surface area contributed by atoms with Gasteiger partial charge in [-0.1, -0.05) is 12.1 Å². The molecule has 1 heterocycles. The minimum absolute atomic E-state index is 0.336. The molecule has 0 unspecified atom stereocenters. The van der Waals surface area contributed by atoms with Gasteiger partial charge in [0.25, 0.3) is 0 Å². The molecule has 5 nitrogen and oxygen atoms in total. The Kier molecular flexibility index (Phi) is 4.07. The molecule has 0 fully saturated rings. The second kappa shape index (κ2) is 5.95. The Morgan fingerprint density at radius 3 is 2.68 bits per heavy atom. The number of carbonyl (C=O) groups is 2. The Morgan fingerprint density at radius 1 is 1.37 bits per heavy atom. The quantitative estimate of drug-likeness (QED) is 0.605. The lowest BCUT2D eigenvalue weighted by atomic mass is 10.1. The molecule has 98 valence electrons. The molecule has 2 rings (SSSR count). The van der Waals surface area contributed by atoms with Crippen LogP contribution in [-0.4, -0.2) is 28.9 Å². The largest absolute Gasteiger partial charge is 0.465 e. The SMILES string of the molecule is COC(=O)c1ccc(CCn2cnc(C=O)c2)cc1. The maximum atomic E-state index is 11.3. The van der Waals surface area contributed by atoms with Crippen molar-refractivity contribution in [2.24, 2.45) is 0 Å². The highest BCUT2D eigenvalue weighted by Gasteiger charge is 2.04. The third-order valence-corrected chi connectivity index (χ3v) is 2.81. The van der Waals surface area contributed by atoms with E-state index >= 15 is 0 Å². The van der Waals surface area contributed by atoms with Crippen LogP contribution < -0.4 is 0 Å². The summed E-state index contributed by atoms with van der Waals surface area (Å²) in [5.74, 6) is -0.336. The van der Waals surface area contributed by atoms with Crippen molar-refractivity contribution in [3.05, 3.63) is 53.6 Å².